The Morgan fingerprint density at radius 1 is 1.18 bits per heavy atom. The van der Waals surface area contributed by atoms with Crippen LogP contribution >= 0.6 is 11.8 Å². The molecule has 0 aromatic heterocycles. The molecule has 196 valence electrons. The normalized spacial score (nSPS) is 19.2. The van der Waals surface area contributed by atoms with Crippen molar-refractivity contribution in [1.82, 2.24) is 9.91 Å². The summed E-state index contributed by atoms with van der Waals surface area (Å²) in [6, 6.07) is 15.2. The molecule has 11 heteroatoms. The van der Waals surface area contributed by atoms with Crippen LogP contribution in [0.25, 0.3) is 6.08 Å². The molecule has 10 nitrogen and oxygen atoms in total. The van der Waals surface area contributed by atoms with Gasteiger partial charge in [0.15, 0.2) is 17.3 Å². The smallest absolute Gasteiger partial charge is 0.283 e. The summed E-state index contributed by atoms with van der Waals surface area (Å²) in [5, 5.41) is 15.1. The Kier molecular flexibility index (Phi) is 7.57. The van der Waals surface area contributed by atoms with Gasteiger partial charge in [0.2, 0.25) is 11.1 Å². The number of hydrogen-bond donors (Lipinski definition) is 1. The largest absolute Gasteiger partial charge is 0.493 e. The van der Waals surface area contributed by atoms with E-state index in [1.165, 1.54) is 5.01 Å². The van der Waals surface area contributed by atoms with Gasteiger partial charge in [-0.15, -0.1) is 0 Å². The predicted molar refractivity (Wildman–Crippen MR) is 146 cm³/mol. The number of nitrogens with zero attached hydrogens (tertiary/aromatic N) is 4. The Bertz CT molecular complexity index is 1350. The molecule has 0 bridgehead atoms. The van der Waals surface area contributed by atoms with E-state index in [1.807, 2.05) is 37.3 Å². The van der Waals surface area contributed by atoms with Gasteiger partial charge < -0.3 is 19.1 Å². The standard InChI is InChI=1S/C27H27N5O5S/c1-17(19-6-4-3-5-7-19)37-21-9-8-18(15-22(21)35-2)14-20-25(28)32-27(29-26(20)34)38-23(30-32)16-24(33)31-10-12-36-13-11-31/h3-9,14-15,17,28H,10-13,16H2,1-2H3/b20-14-,28-25?/t17-/m0/s1. The SMILES string of the molecule is COc1cc(/C=C2/C(=N)N3N=C(CC(=O)N4CCOCC4)SC3=NC2=O)ccc1O[C@@H](C)c1ccccc1. The zero-order chi connectivity index (χ0) is 26.6. The van der Waals surface area contributed by atoms with Crippen molar-refractivity contribution in [2.75, 3.05) is 33.4 Å². The van der Waals surface area contributed by atoms with E-state index in [0.29, 0.717) is 48.4 Å². The minimum atomic E-state index is -0.540. The molecule has 2 amide bonds. The second kappa shape index (κ2) is 11.2. The number of thioether (sulfide) groups is 1. The number of methoxy groups -OCH3 is 1. The van der Waals surface area contributed by atoms with Crippen molar-refractivity contribution in [2.45, 2.75) is 19.4 Å². The lowest BCUT2D eigenvalue weighted by Crippen LogP contribution is -2.41. The van der Waals surface area contributed by atoms with Crippen molar-refractivity contribution < 1.29 is 23.8 Å². The molecule has 3 heterocycles. The summed E-state index contributed by atoms with van der Waals surface area (Å²) in [6.07, 6.45) is 1.47. The van der Waals surface area contributed by atoms with Gasteiger partial charge in [0, 0.05) is 13.1 Å². The maximum absolute atomic E-state index is 12.8. The average Bonchev–Trinajstić information content (AvgIpc) is 3.34. The monoisotopic (exact) mass is 533 g/mol. The number of hydrogen-bond acceptors (Lipinski definition) is 8. The number of ether oxygens (including phenoxy) is 3. The van der Waals surface area contributed by atoms with Crippen molar-refractivity contribution in [3.05, 3.63) is 65.2 Å². The third-order valence-electron chi connectivity index (χ3n) is 6.23. The van der Waals surface area contributed by atoms with Crippen LogP contribution in [0.2, 0.25) is 0 Å². The van der Waals surface area contributed by atoms with Gasteiger partial charge in [0.1, 0.15) is 11.1 Å². The number of aliphatic imine (C=N–C) groups is 1. The topological polar surface area (TPSA) is 117 Å². The van der Waals surface area contributed by atoms with Gasteiger partial charge in [0.05, 0.1) is 32.3 Å². The number of benzene rings is 2. The predicted octanol–water partition coefficient (Wildman–Crippen LogP) is 3.70. The molecule has 1 atom stereocenters. The second-order valence-electron chi connectivity index (χ2n) is 8.76. The molecule has 0 saturated carbocycles. The molecule has 2 aromatic carbocycles. The molecule has 1 saturated heterocycles. The van der Waals surface area contributed by atoms with Crippen LogP contribution in [0.3, 0.4) is 0 Å². The average molecular weight is 534 g/mol. The molecule has 0 unspecified atom stereocenters. The van der Waals surface area contributed by atoms with Crippen LogP contribution in [-0.2, 0) is 14.3 Å². The lowest BCUT2D eigenvalue weighted by atomic mass is 10.1. The number of rotatable bonds is 7. The van der Waals surface area contributed by atoms with Gasteiger partial charge in [-0.05, 0) is 48.0 Å². The van der Waals surface area contributed by atoms with E-state index in [1.54, 1.807) is 36.3 Å². The number of carbonyl (C=O) groups is 2. The molecular weight excluding hydrogens is 506 g/mol. The molecule has 1 fully saturated rings. The minimum absolute atomic E-state index is 0.0652. The first-order valence-corrected chi connectivity index (χ1v) is 13.0. The summed E-state index contributed by atoms with van der Waals surface area (Å²) in [5.74, 6) is 0.357. The lowest BCUT2D eigenvalue weighted by molar-refractivity contribution is -0.133. The molecule has 3 aliphatic heterocycles. The van der Waals surface area contributed by atoms with E-state index in [9.17, 15) is 9.59 Å². The first-order valence-electron chi connectivity index (χ1n) is 12.2. The minimum Gasteiger partial charge on any atom is -0.493 e. The molecule has 2 aromatic rings. The summed E-state index contributed by atoms with van der Waals surface area (Å²) >= 11 is 1.14. The Morgan fingerprint density at radius 3 is 2.68 bits per heavy atom. The van der Waals surface area contributed by atoms with Crippen molar-refractivity contribution in [1.29, 1.82) is 5.41 Å². The molecular formula is C27H27N5O5S. The van der Waals surface area contributed by atoms with Crippen molar-refractivity contribution in [3.8, 4) is 11.5 Å². The number of fused-ring (bicyclic) bond motifs is 1. The van der Waals surface area contributed by atoms with E-state index in [-0.39, 0.29) is 35.0 Å². The van der Waals surface area contributed by atoms with Crippen LogP contribution in [0.5, 0.6) is 11.5 Å². The Morgan fingerprint density at radius 2 is 1.95 bits per heavy atom. The summed E-state index contributed by atoms with van der Waals surface area (Å²) < 4.78 is 16.9. The highest BCUT2D eigenvalue weighted by atomic mass is 32.2. The highest BCUT2D eigenvalue weighted by Gasteiger charge is 2.36. The van der Waals surface area contributed by atoms with Crippen LogP contribution < -0.4 is 9.47 Å². The molecule has 5 rings (SSSR count). The van der Waals surface area contributed by atoms with Crippen LogP contribution in [0.15, 0.2) is 64.2 Å². The Hall–Kier alpha value is -3.96. The number of morpholine rings is 1. The van der Waals surface area contributed by atoms with Crippen molar-refractivity contribution in [2.24, 2.45) is 10.1 Å². The van der Waals surface area contributed by atoms with Gasteiger partial charge in [-0.25, -0.2) is 0 Å². The molecule has 0 radical (unpaired) electrons. The van der Waals surface area contributed by atoms with Gasteiger partial charge in [-0.2, -0.15) is 15.1 Å². The summed E-state index contributed by atoms with van der Waals surface area (Å²) in [6.45, 7) is 4.07. The molecule has 3 aliphatic rings. The number of amidine groups is 2. The van der Waals surface area contributed by atoms with E-state index in [0.717, 1.165) is 17.3 Å². The number of carbonyl (C=O) groups excluding carboxylic acids is 2. The van der Waals surface area contributed by atoms with Gasteiger partial charge >= 0.3 is 0 Å². The van der Waals surface area contributed by atoms with Crippen LogP contribution in [-0.4, -0.2) is 71.2 Å². The fourth-order valence-electron chi connectivity index (χ4n) is 4.18. The van der Waals surface area contributed by atoms with E-state index in [4.69, 9.17) is 19.6 Å². The fourth-order valence-corrected chi connectivity index (χ4v) is 5.05. The first kappa shape index (κ1) is 25.7. The number of hydrazone groups is 1. The zero-order valence-electron chi connectivity index (χ0n) is 21.0. The second-order valence-corrected chi connectivity index (χ2v) is 9.81. The zero-order valence-corrected chi connectivity index (χ0v) is 21.9. The maximum atomic E-state index is 12.8. The van der Waals surface area contributed by atoms with Crippen LogP contribution in [0.4, 0.5) is 0 Å². The molecule has 1 N–H and O–H groups in total. The molecule has 0 aliphatic carbocycles. The highest BCUT2D eigenvalue weighted by molar-refractivity contribution is 8.27. The first-order chi connectivity index (χ1) is 18.4. The Labute approximate surface area is 224 Å². The molecule has 38 heavy (non-hydrogen) atoms. The summed E-state index contributed by atoms with van der Waals surface area (Å²) in [4.78, 5) is 31.3. The van der Waals surface area contributed by atoms with Crippen LogP contribution in [0.1, 0.15) is 30.6 Å². The van der Waals surface area contributed by atoms with Crippen molar-refractivity contribution >= 4 is 45.7 Å². The number of nitrogens with one attached hydrogen (secondary N) is 1. The lowest BCUT2D eigenvalue weighted by Gasteiger charge is -2.26. The molecule has 0 spiro atoms. The van der Waals surface area contributed by atoms with Gasteiger partial charge in [0.25, 0.3) is 5.91 Å². The van der Waals surface area contributed by atoms with E-state index in [2.05, 4.69) is 10.1 Å². The summed E-state index contributed by atoms with van der Waals surface area (Å²) in [7, 11) is 1.55. The van der Waals surface area contributed by atoms with Crippen molar-refractivity contribution in [3.63, 3.8) is 0 Å². The van der Waals surface area contributed by atoms with Crippen LogP contribution in [0, 0.1) is 5.41 Å². The highest BCUT2D eigenvalue weighted by Crippen LogP contribution is 2.34. The van der Waals surface area contributed by atoms with E-state index >= 15 is 0 Å². The quantitative estimate of drug-likeness (QED) is 0.540. The Balaban J connectivity index is 1.31. The maximum Gasteiger partial charge on any atom is 0.283 e. The third kappa shape index (κ3) is 5.48. The fraction of sp³-hybridized carbons (Fsp3) is 0.296. The van der Waals surface area contributed by atoms with E-state index < -0.39 is 5.91 Å². The summed E-state index contributed by atoms with van der Waals surface area (Å²) in [5.41, 5.74) is 1.77. The third-order valence-corrected chi connectivity index (χ3v) is 7.14. The van der Waals surface area contributed by atoms with Gasteiger partial charge in [-0.1, -0.05) is 36.4 Å². The number of amides is 2. The van der Waals surface area contributed by atoms with Gasteiger partial charge in [-0.3, -0.25) is 15.0 Å².